The first-order valence-electron chi connectivity index (χ1n) is 6.59. The minimum absolute atomic E-state index is 0.228. The number of rotatable bonds is 11. The van der Waals surface area contributed by atoms with Crippen molar-refractivity contribution in [3.05, 3.63) is 42.5 Å². The van der Waals surface area contributed by atoms with E-state index in [0.717, 1.165) is 13.0 Å². The smallest absolute Gasteiger partial charge is 0.335 e. The molecule has 0 saturated carbocycles. The topological polar surface area (TPSA) is 67.8 Å². The fourth-order valence-corrected chi connectivity index (χ4v) is 1.50. The molecule has 0 spiro atoms. The summed E-state index contributed by atoms with van der Waals surface area (Å²) in [5.74, 6) is -0.390. The van der Waals surface area contributed by atoms with E-state index in [1.807, 2.05) is 6.08 Å². The van der Waals surface area contributed by atoms with Gasteiger partial charge in [-0.15, -0.1) is 6.58 Å². The first-order valence-corrected chi connectivity index (χ1v) is 6.59. The Bertz CT molecular complexity index is 420. The van der Waals surface area contributed by atoms with Crippen LogP contribution in [0.3, 0.4) is 0 Å². The van der Waals surface area contributed by atoms with Gasteiger partial charge in [-0.1, -0.05) is 12.1 Å². The summed E-state index contributed by atoms with van der Waals surface area (Å²) in [6.07, 6.45) is 2.69. The number of carbonyl (C=O) groups is 1. The molecule has 0 unspecified atom stereocenters. The van der Waals surface area contributed by atoms with Crippen LogP contribution >= 0.6 is 0 Å². The van der Waals surface area contributed by atoms with Gasteiger partial charge in [0.1, 0.15) is 12.4 Å². The SMILES string of the molecule is C=CCCOCCNCCOc1cccc(C(=O)O)c1. The fourth-order valence-electron chi connectivity index (χ4n) is 1.50. The average Bonchev–Trinajstić information content (AvgIpc) is 2.46. The second-order valence-electron chi connectivity index (χ2n) is 4.12. The Morgan fingerprint density at radius 2 is 2.10 bits per heavy atom. The molecule has 0 aromatic heterocycles. The molecule has 0 radical (unpaired) electrons. The van der Waals surface area contributed by atoms with Gasteiger partial charge in [0.05, 0.1) is 18.8 Å². The van der Waals surface area contributed by atoms with Crippen LogP contribution in [0.1, 0.15) is 16.8 Å². The average molecular weight is 279 g/mol. The molecule has 0 aliphatic heterocycles. The highest BCUT2D eigenvalue weighted by Gasteiger charge is 2.03. The van der Waals surface area contributed by atoms with Crippen molar-refractivity contribution in [3.63, 3.8) is 0 Å². The molecule has 1 aromatic carbocycles. The van der Waals surface area contributed by atoms with E-state index < -0.39 is 5.97 Å². The molecule has 0 aliphatic carbocycles. The first-order chi connectivity index (χ1) is 9.74. The lowest BCUT2D eigenvalue weighted by Crippen LogP contribution is -2.25. The van der Waals surface area contributed by atoms with Crippen LogP contribution in [-0.2, 0) is 4.74 Å². The van der Waals surface area contributed by atoms with Crippen LogP contribution in [0.4, 0.5) is 0 Å². The maximum Gasteiger partial charge on any atom is 0.335 e. The molecule has 0 saturated heterocycles. The normalized spacial score (nSPS) is 10.2. The highest BCUT2D eigenvalue weighted by Crippen LogP contribution is 2.12. The summed E-state index contributed by atoms with van der Waals surface area (Å²) in [6, 6.07) is 6.46. The van der Waals surface area contributed by atoms with Crippen molar-refractivity contribution in [2.75, 3.05) is 32.9 Å². The number of carboxylic acids is 1. The molecule has 0 atom stereocenters. The van der Waals surface area contributed by atoms with Crippen molar-refractivity contribution in [1.82, 2.24) is 5.32 Å². The van der Waals surface area contributed by atoms with Crippen LogP contribution in [0, 0.1) is 0 Å². The summed E-state index contributed by atoms with van der Waals surface area (Å²) in [5.41, 5.74) is 0.228. The molecule has 1 aromatic rings. The van der Waals surface area contributed by atoms with E-state index in [1.165, 1.54) is 12.1 Å². The summed E-state index contributed by atoms with van der Waals surface area (Å²) in [7, 11) is 0. The zero-order valence-corrected chi connectivity index (χ0v) is 11.5. The van der Waals surface area contributed by atoms with Gasteiger partial charge < -0.3 is 19.9 Å². The Kier molecular flexibility index (Phi) is 8.10. The largest absolute Gasteiger partial charge is 0.492 e. The molecule has 2 N–H and O–H groups in total. The number of ether oxygens (including phenoxy) is 2. The molecular formula is C15H21NO4. The zero-order chi connectivity index (χ0) is 14.6. The predicted octanol–water partition coefficient (Wildman–Crippen LogP) is 1.95. The van der Waals surface area contributed by atoms with Crippen molar-refractivity contribution in [1.29, 1.82) is 0 Å². The minimum atomic E-state index is -0.953. The van der Waals surface area contributed by atoms with Gasteiger partial charge in [0.25, 0.3) is 0 Å². The molecule has 110 valence electrons. The third-order valence-electron chi connectivity index (χ3n) is 2.52. The predicted molar refractivity (Wildman–Crippen MR) is 77.4 cm³/mol. The first kappa shape index (κ1) is 16.2. The molecule has 5 heteroatoms. The summed E-state index contributed by atoms with van der Waals surface area (Å²) >= 11 is 0. The molecule has 0 aliphatic rings. The van der Waals surface area contributed by atoms with Crippen molar-refractivity contribution < 1.29 is 19.4 Å². The number of carboxylic acid groups (broad SMARTS) is 1. The van der Waals surface area contributed by atoms with E-state index in [2.05, 4.69) is 11.9 Å². The molecule has 0 amide bonds. The van der Waals surface area contributed by atoms with Crippen LogP contribution in [0.15, 0.2) is 36.9 Å². The number of hydrogen-bond acceptors (Lipinski definition) is 4. The molecule has 20 heavy (non-hydrogen) atoms. The lowest BCUT2D eigenvalue weighted by Gasteiger charge is -2.08. The monoisotopic (exact) mass is 279 g/mol. The molecule has 1 rings (SSSR count). The van der Waals surface area contributed by atoms with E-state index in [9.17, 15) is 4.79 Å². The molecule has 0 bridgehead atoms. The van der Waals surface area contributed by atoms with E-state index in [0.29, 0.717) is 32.1 Å². The molecule has 0 fully saturated rings. The van der Waals surface area contributed by atoms with Crippen LogP contribution in [0.5, 0.6) is 5.75 Å². The summed E-state index contributed by atoms with van der Waals surface area (Å²) < 4.78 is 10.8. The van der Waals surface area contributed by atoms with Crippen LogP contribution in [0.25, 0.3) is 0 Å². The van der Waals surface area contributed by atoms with Crippen LogP contribution in [0.2, 0.25) is 0 Å². The van der Waals surface area contributed by atoms with E-state index in [1.54, 1.807) is 12.1 Å². The Balaban J connectivity index is 2.08. The van der Waals surface area contributed by atoms with Gasteiger partial charge in [-0.25, -0.2) is 4.79 Å². The van der Waals surface area contributed by atoms with Gasteiger partial charge in [-0.05, 0) is 24.6 Å². The van der Waals surface area contributed by atoms with Gasteiger partial charge in [-0.3, -0.25) is 0 Å². The van der Waals surface area contributed by atoms with Gasteiger partial charge in [0.15, 0.2) is 0 Å². The second kappa shape index (κ2) is 10.00. The number of hydrogen-bond donors (Lipinski definition) is 2. The fraction of sp³-hybridized carbons (Fsp3) is 0.400. The van der Waals surface area contributed by atoms with Crippen LogP contribution < -0.4 is 10.1 Å². The Labute approximate surface area is 119 Å². The molecular weight excluding hydrogens is 258 g/mol. The highest BCUT2D eigenvalue weighted by atomic mass is 16.5. The third kappa shape index (κ3) is 6.92. The third-order valence-corrected chi connectivity index (χ3v) is 2.52. The lowest BCUT2D eigenvalue weighted by molar-refractivity contribution is 0.0696. The van der Waals surface area contributed by atoms with Gasteiger partial charge in [-0.2, -0.15) is 0 Å². The zero-order valence-electron chi connectivity index (χ0n) is 11.5. The minimum Gasteiger partial charge on any atom is -0.492 e. The maximum atomic E-state index is 10.8. The van der Waals surface area contributed by atoms with Gasteiger partial charge in [0, 0.05) is 13.1 Å². The van der Waals surface area contributed by atoms with Crippen molar-refractivity contribution in [2.45, 2.75) is 6.42 Å². The summed E-state index contributed by atoms with van der Waals surface area (Å²) in [5, 5.41) is 12.0. The number of aromatic carboxylic acids is 1. The van der Waals surface area contributed by atoms with E-state index >= 15 is 0 Å². The number of nitrogens with one attached hydrogen (secondary N) is 1. The standard InChI is InChI=1S/C15H21NO4/c1-2-3-9-19-10-7-16-8-11-20-14-6-4-5-13(12-14)15(17)18/h2,4-6,12,16H,1,3,7-11H2,(H,17,18). The lowest BCUT2D eigenvalue weighted by atomic mass is 10.2. The van der Waals surface area contributed by atoms with Crippen molar-refractivity contribution in [3.8, 4) is 5.75 Å². The highest BCUT2D eigenvalue weighted by molar-refractivity contribution is 5.87. The van der Waals surface area contributed by atoms with E-state index in [-0.39, 0.29) is 5.56 Å². The van der Waals surface area contributed by atoms with E-state index in [4.69, 9.17) is 14.6 Å². The molecule has 5 nitrogen and oxygen atoms in total. The summed E-state index contributed by atoms with van der Waals surface area (Å²) in [4.78, 5) is 10.8. The summed E-state index contributed by atoms with van der Waals surface area (Å²) in [6.45, 7) is 6.89. The quantitative estimate of drug-likeness (QED) is 0.478. The van der Waals surface area contributed by atoms with Gasteiger partial charge in [0.2, 0.25) is 0 Å². The van der Waals surface area contributed by atoms with Gasteiger partial charge >= 0.3 is 5.97 Å². The Morgan fingerprint density at radius 1 is 1.30 bits per heavy atom. The van der Waals surface area contributed by atoms with Crippen LogP contribution in [-0.4, -0.2) is 44.0 Å². The molecule has 0 heterocycles. The number of benzene rings is 1. The Morgan fingerprint density at radius 3 is 2.85 bits per heavy atom. The van der Waals surface area contributed by atoms with Crippen molar-refractivity contribution in [2.24, 2.45) is 0 Å². The van der Waals surface area contributed by atoms with Crippen molar-refractivity contribution >= 4 is 5.97 Å². The maximum absolute atomic E-state index is 10.8. The Hall–Kier alpha value is -1.85. The second-order valence-corrected chi connectivity index (χ2v) is 4.12.